The molecule has 3 aromatic heterocycles. The number of nitrogens with one attached hydrogen (secondary N) is 1. The topological polar surface area (TPSA) is 78.6 Å². The zero-order valence-corrected chi connectivity index (χ0v) is 19.2. The van der Waals surface area contributed by atoms with Gasteiger partial charge in [-0.05, 0) is 37.1 Å². The molecule has 1 saturated heterocycles. The number of nitrogens with zero attached hydrogens (tertiary/aromatic N) is 5. The van der Waals surface area contributed by atoms with Gasteiger partial charge in [0.1, 0.15) is 29.1 Å². The van der Waals surface area contributed by atoms with Gasteiger partial charge in [0.05, 0.1) is 6.20 Å². The summed E-state index contributed by atoms with van der Waals surface area (Å²) < 4.78 is 15.4. The summed E-state index contributed by atoms with van der Waals surface area (Å²) in [6.45, 7) is 5.62. The van der Waals surface area contributed by atoms with Crippen molar-refractivity contribution in [1.82, 2.24) is 24.3 Å². The third-order valence-electron chi connectivity index (χ3n) is 6.05. The first-order valence-corrected chi connectivity index (χ1v) is 11.5. The lowest BCUT2D eigenvalue weighted by Gasteiger charge is -2.37. The van der Waals surface area contributed by atoms with E-state index >= 15 is 0 Å². The molecule has 0 radical (unpaired) electrons. The summed E-state index contributed by atoms with van der Waals surface area (Å²) in [4.78, 5) is 15.4. The van der Waals surface area contributed by atoms with Gasteiger partial charge in [0, 0.05) is 47.8 Å². The van der Waals surface area contributed by atoms with Crippen LogP contribution in [-0.2, 0) is 0 Å². The van der Waals surface area contributed by atoms with Crippen LogP contribution in [0.2, 0.25) is 5.02 Å². The number of imidazole rings is 1. The Bertz CT molecular complexity index is 1340. The maximum atomic E-state index is 13.7. The molecular weight excluding hydrogens is 455 g/mol. The van der Waals surface area contributed by atoms with E-state index in [9.17, 15) is 9.50 Å². The Labute approximate surface area is 201 Å². The standard InChI is InChI=1S/C25H24ClFN6O/c1-16(24(34)19-6-2-3-7-20(19)26)32-12-4-5-18(15-32)30-22-10-11-28-25(31-22)21-13-29-23-9-8-17(27)14-33(21)23/h2-3,6-11,13-14,18,24,34H,1,4-5,12,15H2,(H,28,30,31). The highest BCUT2D eigenvalue weighted by molar-refractivity contribution is 6.31. The average Bonchev–Trinajstić information content (AvgIpc) is 3.27. The Morgan fingerprint density at radius 1 is 1.21 bits per heavy atom. The van der Waals surface area contributed by atoms with Crippen LogP contribution in [0.25, 0.3) is 17.2 Å². The number of fused-ring (bicyclic) bond motifs is 1. The molecule has 2 atom stereocenters. The van der Waals surface area contributed by atoms with Gasteiger partial charge in [0.25, 0.3) is 0 Å². The molecule has 0 bridgehead atoms. The smallest absolute Gasteiger partial charge is 0.180 e. The fourth-order valence-electron chi connectivity index (χ4n) is 4.30. The van der Waals surface area contributed by atoms with E-state index in [2.05, 4.69) is 31.7 Å². The predicted octanol–water partition coefficient (Wildman–Crippen LogP) is 4.71. The Morgan fingerprint density at radius 3 is 2.91 bits per heavy atom. The lowest BCUT2D eigenvalue weighted by atomic mass is 10.0. The van der Waals surface area contributed by atoms with E-state index in [4.69, 9.17) is 11.6 Å². The van der Waals surface area contributed by atoms with Crippen LogP contribution in [0, 0.1) is 5.82 Å². The summed E-state index contributed by atoms with van der Waals surface area (Å²) >= 11 is 6.27. The molecule has 0 amide bonds. The molecular formula is C25H24ClFN6O. The van der Waals surface area contributed by atoms with Crippen molar-refractivity contribution >= 4 is 23.1 Å². The Balaban J connectivity index is 1.31. The minimum Gasteiger partial charge on any atom is -0.382 e. The highest BCUT2D eigenvalue weighted by Crippen LogP contribution is 2.31. The zero-order valence-electron chi connectivity index (χ0n) is 18.4. The molecule has 5 rings (SSSR count). The average molecular weight is 479 g/mol. The fourth-order valence-corrected chi connectivity index (χ4v) is 4.54. The number of benzene rings is 1. The first-order chi connectivity index (χ1) is 16.5. The summed E-state index contributed by atoms with van der Waals surface area (Å²) in [5.41, 5.74) is 2.50. The van der Waals surface area contributed by atoms with E-state index in [-0.39, 0.29) is 11.9 Å². The van der Waals surface area contributed by atoms with Crippen molar-refractivity contribution in [3.8, 4) is 11.5 Å². The number of rotatable bonds is 6. The molecule has 0 saturated carbocycles. The van der Waals surface area contributed by atoms with Crippen LogP contribution in [0.5, 0.6) is 0 Å². The van der Waals surface area contributed by atoms with Crippen molar-refractivity contribution in [2.75, 3.05) is 18.4 Å². The SMILES string of the molecule is C=C(C(O)c1ccccc1Cl)N1CCCC(Nc2ccnc(-c3cnc4ccc(F)cn34)n2)C1. The maximum Gasteiger partial charge on any atom is 0.180 e. The van der Waals surface area contributed by atoms with Crippen molar-refractivity contribution in [3.05, 3.63) is 89.7 Å². The van der Waals surface area contributed by atoms with Crippen LogP contribution in [0.15, 0.2) is 73.3 Å². The highest BCUT2D eigenvalue weighted by Gasteiger charge is 2.26. The second-order valence-electron chi connectivity index (χ2n) is 8.33. The lowest BCUT2D eigenvalue weighted by molar-refractivity contribution is 0.150. The van der Waals surface area contributed by atoms with Crippen molar-refractivity contribution < 1.29 is 9.50 Å². The molecule has 7 nitrogen and oxygen atoms in total. The molecule has 4 heterocycles. The van der Waals surface area contributed by atoms with Crippen LogP contribution < -0.4 is 5.32 Å². The number of anilines is 1. The van der Waals surface area contributed by atoms with Gasteiger partial charge in [-0.1, -0.05) is 36.4 Å². The van der Waals surface area contributed by atoms with Crippen molar-refractivity contribution in [2.24, 2.45) is 0 Å². The van der Waals surface area contributed by atoms with Gasteiger partial charge < -0.3 is 15.3 Å². The van der Waals surface area contributed by atoms with Gasteiger partial charge >= 0.3 is 0 Å². The summed E-state index contributed by atoms with van der Waals surface area (Å²) in [5, 5.41) is 14.8. The molecule has 0 aliphatic carbocycles. The quantitative estimate of drug-likeness (QED) is 0.418. The van der Waals surface area contributed by atoms with Crippen LogP contribution in [0.3, 0.4) is 0 Å². The molecule has 1 aliphatic rings. The fraction of sp³-hybridized carbons (Fsp3) is 0.240. The van der Waals surface area contributed by atoms with Crippen LogP contribution in [-0.4, -0.2) is 48.5 Å². The molecule has 2 N–H and O–H groups in total. The minimum atomic E-state index is -0.867. The van der Waals surface area contributed by atoms with Crippen molar-refractivity contribution in [3.63, 3.8) is 0 Å². The summed E-state index contributed by atoms with van der Waals surface area (Å²) in [7, 11) is 0. The van der Waals surface area contributed by atoms with E-state index in [1.54, 1.807) is 35.0 Å². The molecule has 1 aromatic carbocycles. The number of halogens is 2. The molecule has 9 heteroatoms. The van der Waals surface area contributed by atoms with E-state index in [1.165, 1.54) is 12.3 Å². The van der Waals surface area contributed by atoms with Crippen molar-refractivity contribution in [1.29, 1.82) is 0 Å². The Morgan fingerprint density at radius 2 is 2.06 bits per heavy atom. The first kappa shape index (κ1) is 22.3. The van der Waals surface area contributed by atoms with Gasteiger partial charge in [0.15, 0.2) is 5.82 Å². The Kier molecular flexibility index (Phi) is 6.17. The number of hydrogen-bond acceptors (Lipinski definition) is 6. The van der Waals surface area contributed by atoms with E-state index in [1.807, 2.05) is 18.2 Å². The Hall–Kier alpha value is -3.49. The monoisotopic (exact) mass is 478 g/mol. The third kappa shape index (κ3) is 4.47. The molecule has 174 valence electrons. The van der Waals surface area contributed by atoms with Crippen LogP contribution >= 0.6 is 11.6 Å². The number of aliphatic hydroxyl groups is 1. The number of likely N-dealkylation sites (tertiary alicyclic amines) is 1. The van der Waals surface area contributed by atoms with E-state index < -0.39 is 6.10 Å². The zero-order chi connectivity index (χ0) is 23.7. The van der Waals surface area contributed by atoms with Gasteiger partial charge in [-0.2, -0.15) is 0 Å². The summed E-state index contributed by atoms with van der Waals surface area (Å²) in [6.07, 6.45) is 5.70. The van der Waals surface area contributed by atoms with Gasteiger partial charge in [-0.25, -0.2) is 19.3 Å². The number of piperidine rings is 1. The van der Waals surface area contributed by atoms with Crippen LogP contribution in [0.4, 0.5) is 10.2 Å². The molecule has 0 spiro atoms. The normalized spacial score (nSPS) is 17.0. The number of pyridine rings is 1. The number of hydrogen-bond donors (Lipinski definition) is 2. The number of aromatic nitrogens is 4. The third-order valence-corrected chi connectivity index (χ3v) is 6.39. The van der Waals surface area contributed by atoms with Gasteiger partial charge in [0.2, 0.25) is 0 Å². The first-order valence-electron chi connectivity index (χ1n) is 11.1. The molecule has 1 aliphatic heterocycles. The lowest BCUT2D eigenvalue weighted by Crippen LogP contribution is -2.42. The predicted molar refractivity (Wildman–Crippen MR) is 130 cm³/mol. The van der Waals surface area contributed by atoms with Crippen LogP contribution in [0.1, 0.15) is 24.5 Å². The molecule has 1 fully saturated rings. The van der Waals surface area contributed by atoms with Gasteiger partial charge in [-0.3, -0.25) is 4.40 Å². The van der Waals surface area contributed by atoms with Crippen molar-refractivity contribution in [2.45, 2.75) is 25.0 Å². The number of aliphatic hydroxyl groups excluding tert-OH is 1. The second-order valence-corrected chi connectivity index (χ2v) is 8.74. The van der Waals surface area contributed by atoms with E-state index in [0.29, 0.717) is 45.8 Å². The maximum absolute atomic E-state index is 13.7. The van der Waals surface area contributed by atoms with E-state index in [0.717, 1.165) is 19.4 Å². The summed E-state index contributed by atoms with van der Waals surface area (Å²) in [5.74, 6) is 0.761. The molecule has 34 heavy (non-hydrogen) atoms. The molecule has 2 unspecified atom stereocenters. The molecule has 4 aromatic rings. The summed E-state index contributed by atoms with van der Waals surface area (Å²) in [6, 6.07) is 12.2. The van der Waals surface area contributed by atoms with Gasteiger partial charge in [-0.15, -0.1) is 0 Å². The highest BCUT2D eigenvalue weighted by atomic mass is 35.5. The minimum absolute atomic E-state index is 0.103. The largest absolute Gasteiger partial charge is 0.382 e. The second kappa shape index (κ2) is 9.40.